The summed E-state index contributed by atoms with van der Waals surface area (Å²) in [5.74, 6) is 4.97. The van der Waals surface area contributed by atoms with Crippen molar-refractivity contribution in [2.24, 2.45) is 5.90 Å². The van der Waals surface area contributed by atoms with Gasteiger partial charge in [0.1, 0.15) is 5.60 Å². The summed E-state index contributed by atoms with van der Waals surface area (Å²) in [5.41, 5.74) is -1.04. The topological polar surface area (TPSA) is 70.8 Å². The first-order chi connectivity index (χ1) is 7.71. The fraction of sp³-hybridized carbons (Fsp3) is 0.917. The largest absolute Gasteiger partial charge is 0.373 e. The standard InChI is InChI=1S/C12H25NO4/c1-10(14)12(4,5)16-9-8-15-11(2,3)6-7-17-13/h6-9,13H2,1-5H3. The van der Waals surface area contributed by atoms with Crippen molar-refractivity contribution in [2.45, 2.75) is 52.2 Å². The van der Waals surface area contributed by atoms with Gasteiger partial charge < -0.3 is 14.3 Å². The fourth-order valence-electron chi connectivity index (χ4n) is 1.09. The lowest BCUT2D eigenvalue weighted by Crippen LogP contribution is -2.35. The molecule has 0 radical (unpaired) electrons. The highest BCUT2D eigenvalue weighted by atomic mass is 16.6. The van der Waals surface area contributed by atoms with Crippen molar-refractivity contribution in [1.29, 1.82) is 0 Å². The minimum atomic E-state index is -0.742. The lowest BCUT2D eigenvalue weighted by Gasteiger charge is -2.27. The lowest BCUT2D eigenvalue weighted by atomic mass is 10.1. The Morgan fingerprint density at radius 3 is 2.06 bits per heavy atom. The van der Waals surface area contributed by atoms with Crippen LogP contribution in [0.25, 0.3) is 0 Å². The highest BCUT2D eigenvalue weighted by Gasteiger charge is 2.24. The van der Waals surface area contributed by atoms with Gasteiger partial charge in [-0.15, -0.1) is 0 Å². The number of ketones is 1. The molecule has 0 bridgehead atoms. The first kappa shape index (κ1) is 16.5. The van der Waals surface area contributed by atoms with Gasteiger partial charge in [0.05, 0.1) is 25.4 Å². The molecule has 0 saturated carbocycles. The first-order valence-corrected chi connectivity index (χ1v) is 5.82. The van der Waals surface area contributed by atoms with Gasteiger partial charge in [-0.25, -0.2) is 5.90 Å². The van der Waals surface area contributed by atoms with Crippen molar-refractivity contribution in [2.75, 3.05) is 19.8 Å². The predicted molar refractivity (Wildman–Crippen MR) is 65.5 cm³/mol. The Balaban J connectivity index is 3.81. The highest BCUT2D eigenvalue weighted by molar-refractivity contribution is 5.83. The molecule has 0 spiro atoms. The summed E-state index contributed by atoms with van der Waals surface area (Å²) in [6.07, 6.45) is 0.708. The maximum absolute atomic E-state index is 11.2. The lowest BCUT2D eigenvalue weighted by molar-refractivity contribution is -0.142. The molecule has 2 N–H and O–H groups in total. The van der Waals surface area contributed by atoms with Crippen LogP contribution in [0.5, 0.6) is 0 Å². The minimum absolute atomic E-state index is 0.00768. The number of ether oxygens (including phenoxy) is 2. The molecule has 0 aromatic rings. The monoisotopic (exact) mass is 247 g/mol. The van der Waals surface area contributed by atoms with Gasteiger partial charge in [-0.3, -0.25) is 4.79 Å². The van der Waals surface area contributed by atoms with Crippen LogP contribution in [0.1, 0.15) is 41.0 Å². The summed E-state index contributed by atoms with van der Waals surface area (Å²) in [6.45, 7) is 10.2. The summed E-state index contributed by atoms with van der Waals surface area (Å²) in [4.78, 5) is 15.7. The maximum Gasteiger partial charge on any atom is 0.160 e. The van der Waals surface area contributed by atoms with Crippen molar-refractivity contribution in [3.05, 3.63) is 0 Å². The fourth-order valence-corrected chi connectivity index (χ4v) is 1.09. The van der Waals surface area contributed by atoms with Gasteiger partial charge in [-0.05, 0) is 34.6 Å². The molecule has 0 atom stereocenters. The van der Waals surface area contributed by atoms with E-state index < -0.39 is 5.60 Å². The van der Waals surface area contributed by atoms with Gasteiger partial charge in [0.2, 0.25) is 0 Å². The predicted octanol–water partition coefficient (Wildman–Crippen LogP) is 1.45. The van der Waals surface area contributed by atoms with Crippen molar-refractivity contribution in [1.82, 2.24) is 0 Å². The van der Waals surface area contributed by atoms with Gasteiger partial charge in [0.25, 0.3) is 0 Å². The Labute approximate surface area is 104 Å². The molecule has 0 aliphatic heterocycles. The van der Waals surface area contributed by atoms with E-state index in [4.69, 9.17) is 15.4 Å². The van der Waals surface area contributed by atoms with Crippen LogP contribution in [-0.4, -0.2) is 36.8 Å². The smallest absolute Gasteiger partial charge is 0.160 e. The van der Waals surface area contributed by atoms with Crippen LogP contribution < -0.4 is 5.90 Å². The minimum Gasteiger partial charge on any atom is -0.373 e. The van der Waals surface area contributed by atoms with Gasteiger partial charge in [0.15, 0.2) is 5.78 Å². The normalized spacial score (nSPS) is 12.8. The van der Waals surface area contributed by atoms with E-state index in [-0.39, 0.29) is 11.4 Å². The number of nitrogens with two attached hydrogens (primary N) is 1. The molecule has 17 heavy (non-hydrogen) atoms. The Morgan fingerprint density at radius 1 is 1.06 bits per heavy atom. The van der Waals surface area contributed by atoms with E-state index in [0.29, 0.717) is 26.2 Å². The van der Waals surface area contributed by atoms with E-state index in [0.717, 1.165) is 0 Å². The molecule has 102 valence electrons. The van der Waals surface area contributed by atoms with E-state index in [2.05, 4.69) is 4.84 Å². The van der Waals surface area contributed by atoms with Crippen molar-refractivity contribution >= 4 is 5.78 Å². The zero-order valence-corrected chi connectivity index (χ0v) is 11.5. The SMILES string of the molecule is CC(=O)C(C)(C)OCCOC(C)(C)CCON. The number of hydrogen-bond acceptors (Lipinski definition) is 5. The molecule has 0 amide bonds. The Hall–Kier alpha value is -0.490. The Kier molecular flexibility index (Phi) is 6.85. The second kappa shape index (κ2) is 7.06. The van der Waals surface area contributed by atoms with Crippen LogP contribution in [-0.2, 0) is 19.1 Å². The van der Waals surface area contributed by atoms with Crippen LogP contribution in [0.4, 0.5) is 0 Å². The quantitative estimate of drug-likeness (QED) is 0.493. The number of Topliss-reactive ketones (excluding diaryl/α,β-unsaturated/α-hetero) is 1. The van der Waals surface area contributed by atoms with Gasteiger partial charge >= 0.3 is 0 Å². The maximum atomic E-state index is 11.2. The van der Waals surface area contributed by atoms with Crippen LogP contribution in [0.15, 0.2) is 0 Å². The third-order valence-corrected chi connectivity index (χ3v) is 2.71. The van der Waals surface area contributed by atoms with Crippen molar-refractivity contribution < 1.29 is 19.1 Å². The molecule has 0 aromatic heterocycles. The molecule has 0 aliphatic rings. The van der Waals surface area contributed by atoms with Gasteiger partial charge in [0, 0.05) is 6.42 Å². The first-order valence-electron chi connectivity index (χ1n) is 5.82. The average molecular weight is 247 g/mol. The number of carbonyl (C=O) groups is 1. The third kappa shape index (κ3) is 7.44. The molecule has 0 heterocycles. The van der Waals surface area contributed by atoms with E-state index in [1.54, 1.807) is 13.8 Å². The molecule has 0 saturated heterocycles. The molecule has 5 nitrogen and oxygen atoms in total. The summed E-state index contributed by atoms with van der Waals surface area (Å²) >= 11 is 0. The number of carbonyl (C=O) groups excluding carboxylic acids is 1. The van der Waals surface area contributed by atoms with Crippen LogP contribution >= 0.6 is 0 Å². The zero-order valence-electron chi connectivity index (χ0n) is 11.5. The molecular formula is C12H25NO4. The third-order valence-electron chi connectivity index (χ3n) is 2.71. The number of rotatable bonds is 9. The second-order valence-electron chi connectivity index (χ2n) is 5.14. The van der Waals surface area contributed by atoms with Crippen LogP contribution in [0.2, 0.25) is 0 Å². The molecule has 0 fully saturated rings. The number of hydrogen-bond donors (Lipinski definition) is 1. The van der Waals surface area contributed by atoms with Crippen LogP contribution in [0.3, 0.4) is 0 Å². The van der Waals surface area contributed by atoms with Crippen molar-refractivity contribution in [3.8, 4) is 0 Å². The van der Waals surface area contributed by atoms with Gasteiger partial charge in [-0.1, -0.05) is 0 Å². The zero-order chi connectivity index (χ0) is 13.5. The molecule has 5 heteroatoms. The summed E-state index contributed by atoms with van der Waals surface area (Å²) in [7, 11) is 0. The summed E-state index contributed by atoms with van der Waals surface area (Å²) in [5, 5.41) is 0. The van der Waals surface area contributed by atoms with Crippen molar-refractivity contribution in [3.63, 3.8) is 0 Å². The van der Waals surface area contributed by atoms with E-state index >= 15 is 0 Å². The van der Waals surface area contributed by atoms with E-state index in [1.165, 1.54) is 6.92 Å². The Morgan fingerprint density at radius 2 is 1.59 bits per heavy atom. The molecule has 0 unspecified atom stereocenters. The molecular weight excluding hydrogens is 222 g/mol. The van der Waals surface area contributed by atoms with E-state index in [9.17, 15) is 4.79 Å². The summed E-state index contributed by atoms with van der Waals surface area (Å²) in [6, 6.07) is 0. The molecule has 0 rings (SSSR count). The average Bonchev–Trinajstić information content (AvgIpc) is 2.21. The van der Waals surface area contributed by atoms with Crippen LogP contribution in [0, 0.1) is 0 Å². The molecule has 0 aromatic carbocycles. The van der Waals surface area contributed by atoms with Gasteiger partial charge in [-0.2, -0.15) is 0 Å². The highest BCUT2D eigenvalue weighted by Crippen LogP contribution is 2.15. The van der Waals surface area contributed by atoms with E-state index in [1.807, 2.05) is 13.8 Å². The Bertz CT molecular complexity index is 239. The second-order valence-corrected chi connectivity index (χ2v) is 5.14. The molecule has 0 aliphatic carbocycles. The summed E-state index contributed by atoms with van der Waals surface area (Å²) < 4.78 is 11.1.